The van der Waals surface area contributed by atoms with E-state index in [4.69, 9.17) is 16.3 Å². The van der Waals surface area contributed by atoms with Crippen LogP contribution < -0.4 is 10.3 Å². The van der Waals surface area contributed by atoms with Gasteiger partial charge in [0.1, 0.15) is 16.5 Å². The highest BCUT2D eigenvalue weighted by molar-refractivity contribution is 6.33. The average molecular weight is 369 g/mol. The van der Waals surface area contributed by atoms with Gasteiger partial charge in [-0.15, -0.1) is 0 Å². The molecule has 1 N–H and O–H groups in total. The molecule has 1 aromatic carbocycles. The van der Waals surface area contributed by atoms with E-state index >= 15 is 0 Å². The number of nitrogens with one attached hydrogen (secondary N) is 1. The number of H-pyrrole nitrogens is 1. The number of aromatic nitrogens is 2. The van der Waals surface area contributed by atoms with Gasteiger partial charge in [0.2, 0.25) is 0 Å². The molecule has 0 radical (unpaired) electrons. The van der Waals surface area contributed by atoms with Crippen molar-refractivity contribution in [1.82, 2.24) is 9.97 Å². The maximum Gasteiger partial charge on any atom is 0.267 e. The molecule has 2 aromatic heterocycles. The summed E-state index contributed by atoms with van der Waals surface area (Å²) in [6.45, 7) is 4.06. The molecule has 0 unspecified atom stereocenters. The molecule has 0 saturated heterocycles. The van der Waals surface area contributed by atoms with Crippen LogP contribution in [0.4, 0.5) is 0 Å². The van der Waals surface area contributed by atoms with Crippen molar-refractivity contribution in [3.8, 4) is 22.6 Å². The number of unbranched alkanes of at least 4 members (excludes halogenated alkanes) is 1. The van der Waals surface area contributed by atoms with Gasteiger partial charge in [-0.1, -0.05) is 37.1 Å². The number of benzene rings is 1. The second kappa shape index (κ2) is 8.19. The maximum absolute atomic E-state index is 12.0. The number of rotatable bonds is 6. The summed E-state index contributed by atoms with van der Waals surface area (Å²) in [5.74, 6) is 1.46. The molecule has 0 spiro atoms. The lowest BCUT2D eigenvalue weighted by molar-refractivity contribution is 0.481. The van der Waals surface area contributed by atoms with Crippen molar-refractivity contribution in [2.45, 2.75) is 33.1 Å². The zero-order valence-electron chi connectivity index (χ0n) is 14.9. The van der Waals surface area contributed by atoms with Crippen LogP contribution in [0, 0.1) is 6.92 Å². The van der Waals surface area contributed by atoms with Crippen LogP contribution >= 0.6 is 11.6 Å². The predicted molar refractivity (Wildman–Crippen MR) is 105 cm³/mol. The van der Waals surface area contributed by atoms with Gasteiger partial charge < -0.3 is 9.72 Å². The Morgan fingerprint density at radius 1 is 1.15 bits per heavy atom. The average Bonchev–Trinajstić information content (AvgIpc) is 2.64. The van der Waals surface area contributed by atoms with E-state index in [2.05, 4.69) is 16.9 Å². The fraction of sp³-hybridized carbons (Fsp3) is 0.238. The van der Waals surface area contributed by atoms with Crippen LogP contribution in [0.25, 0.3) is 11.1 Å². The number of aryl methyl sites for hydroxylation is 2. The molecule has 4 nitrogen and oxygen atoms in total. The summed E-state index contributed by atoms with van der Waals surface area (Å²) >= 11 is 6.32. The van der Waals surface area contributed by atoms with E-state index in [0.717, 1.165) is 53.1 Å². The highest BCUT2D eigenvalue weighted by Gasteiger charge is 2.13. The fourth-order valence-electron chi connectivity index (χ4n) is 2.83. The van der Waals surface area contributed by atoms with Crippen LogP contribution in [0.1, 0.15) is 31.0 Å². The van der Waals surface area contributed by atoms with Crippen molar-refractivity contribution >= 4 is 11.6 Å². The molecule has 3 rings (SSSR count). The van der Waals surface area contributed by atoms with E-state index in [1.54, 1.807) is 12.4 Å². The van der Waals surface area contributed by atoms with Crippen LogP contribution in [0.2, 0.25) is 5.02 Å². The minimum absolute atomic E-state index is 0.233. The first-order valence-electron chi connectivity index (χ1n) is 8.69. The van der Waals surface area contributed by atoms with E-state index in [-0.39, 0.29) is 10.6 Å². The fourth-order valence-corrected chi connectivity index (χ4v) is 3.11. The number of hydrogen-bond acceptors (Lipinski definition) is 3. The van der Waals surface area contributed by atoms with Gasteiger partial charge in [0.25, 0.3) is 5.56 Å². The van der Waals surface area contributed by atoms with Gasteiger partial charge in [-0.2, -0.15) is 0 Å². The molecule has 26 heavy (non-hydrogen) atoms. The Labute approximate surface area is 157 Å². The molecule has 0 amide bonds. The van der Waals surface area contributed by atoms with Crippen LogP contribution in [0.5, 0.6) is 11.5 Å². The molecular formula is C21H21ClN2O2. The Bertz CT molecular complexity index is 949. The van der Waals surface area contributed by atoms with E-state index in [1.807, 2.05) is 43.3 Å². The summed E-state index contributed by atoms with van der Waals surface area (Å²) in [5.41, 5.74) is 3.39. The summed E-state index contributed by atoms with van der Waals surface area (Å²) < 4.78 is 5.86. The Morgan fingerprint density at radius 3 is 2.62 bits per heavy atom. The summed E-state index contributed by atoms with van der Waals surface area (Å²) in [6, 6.07) is 11.3. The van der Waals surface area contributed by atoms with Crippen LogP contribution in [0.15, 0.2) is 53.6 Å². The lowest BCUT2D eigenvalue weighted by atomic mass is 9.98. The van der Waals surface area contributed by atoms with Gasteiger partial charge in [-0.3, -0.25) is 9.78 Å². The SMILES string of the molecule is CCCCc1c[nH]c(=O)c(Cl)c1-c1ccc(Oc2ccnc(C)c2)cc1. The highest BCUT2D eigenvalue weighted by atomic mass is 35.5. The predicted octanol–water partition coefficient (Wildman–Crippen LogP) is 5.53. The van der Waals surface area contributed by atoms with Gasteiger partial charge in [-0.25, -0.2) is 0 Å². The number of hydrogen-bond donors (Lipinski definition) is 1. The standard InChI is InChI=1S/C21H21ClN2O2/c1-3-4-5-16-13-24-21(25)20(22)19(16)15-6-8-17(9-7-15)26-18-10-11-23-14(2)12-18/h6-13H,3-5H2,1-2H3,(H,24,25). The first-order valence-corrected chi connectivity index (χ1v) is 9.07. The Kier molecular flexibility index (Phi) is 5.74. The molecule has 0 bridgehead atoms. The molecule has 3 aromatic rings. The number of ether oxygens (including phenoxy) is 1. The van der Waals surface area contributed by atoms with Crippen molar-refractivity contribution < 1.29 is 4.74 Å². The van der Waals surface area contributed by atoms with Crippen LogP contribution in [0.3, 0.4) is 0 Å². The molecule has 0 fully saturated rings. The maximum atomic E-state index is 12.0. The van der Waals surface area contributed by atoms with E-state index in [0.29, 0.717) is 0 Å². The minimum Gasteiger partial charge on any atom is -0.457 e. The van der Waals surface area contributed by atoms with Gasteiger partial charge in [0.15, 0.2) is 0 Å². The number of nitrogens with zero attached hydrogens (tertiary/aromatic N) is 1. The van der Waals surface area contributed by atoms with Gasteiger partial charge in [0, 0.05) is 29.7 Å². The summed E-state index contributed by atoms with van der Waals surface area (Å²) in [6.07, 6.45) is 6.47. The van der Waals surface area contributed by atoms with E-state index in [9.17, 15) is 4.79 Å². The quantitative estimate of drug-likeness (QED) is 0.622. The largest absolute Gasteiger partial charge is 0.457 e. The molecule has 2 heterocycles. The van der Waals surface area contributed by atoms with Gasteiger partial charge in [0.05, 0.1) is 0 Å². The van der Waals surface area contributed by atoms with Crippen molar-refractivity contribution in [2.75, 3.05) is 0 Å². The van der Waals surface area contributed by atoms with Crippen molar-refractivity contribution in [2.24, 2.45) is 0 Å². The molecule has 0 aliphatic heterocycles. The number of pyridine rings is 2. The third-order valence-corrected chi connectivity index (χ3v) is 4.52. The summed E-state index contributed by atoms with van der Waals surface area (Å²) in [4.78, 5) is 18.8. The highest BCUT2D eigenvalue weighted by Crippen LogP contribution is 2.32. The van der Waals surface area contributed by atoms with Gasteiger partial charge >= 0.3 is 0 Å². The van der Waals surface area contributed by atoms with Crippen molar-refractivity contribution in [3.63, 3.8) is 0 Å². The number of aromatic amines is 1. The van der Waals surface area contributed by atoms with E-state index in [1.165, 1.54) is 0 Å². The molecule has 0 saturated carbocycles. The first kappa shape index (κ1) is 18.2. The molecule has 0 aliphatic rings. The minimum atomic E-state index is -0.269. The van der Waals surface area contributed by atoms with Crippen LogP contribution in [-0.4, -0.2) is 9.97 Å². The normalized spacial score (nSPS) is 10.7. The summed E-state index contributed by atoms with van der Waals surface area (Å²) in [5, 5.41) is 0.233. The zero-order valence-corrected chi connectivity index (χ0v) is 15.6. The summed E-state index contributed by atoms with van der Waals surface area (Å²) in [7, 11) is 0. The third-order valence-electron chi connectivity index (χ3n) is 4.16. The molecular weight excluding hydrogens is 348 g/mol. The van der Waals surface area contributed by atoms with Crippen molar-refractivity contribution in [3.05, 3.63) is 75.4 Å². The monoisotopic (exact) mass is 368 g/mol. The lowest BCUT2D eigenvalue weighted by Crippen LogP contribution is -2.09. The second-order valence-electron chi connectivity index (χ2n) is 6.19. The molecule has 0 atom stereocenters. The third kappa shape index (κ3) is 4.14. The second-order valence-corrected chi connectivity index (χ2v) is 6.57. The molecule has 5 heteroatoms. The zero-order chi connectivity index (χ0) is 18.5. The Hall–Kier alpha value is -2.59. The van der Waals surface area contributed by atoms with Crippen LogP contribution in [-0.2, 0) is 6.42 Å². The number of halogens is 1. The van der Waals surface area contributed by atoms with Crippen molar-refractivity contribution in [1.29, 1.82) is 0 Å². The topological polar surface area (TPSA) is 55.0 Å². The Morgan fingerprint density at radius 2 is 1.92 bits per heavy atom. The lowest BCUT2D eigenvalue weighted by Gasteiger charge is -2.12. The van der Waals surface area contributed by atoms with E-state index < -0.39 is 0 Å². The molecule has 134 valence electrons. The smallest absolute Gasteiger partial charge is 0.267 e. The first-order chi connectivity index (χ1) is 12.6. The van der Waals surface area contributed by atoms with Gasteiger partial charge in [-0.05, 0) is 49.1 Å². The molecule has 0 aliphatic carbocycles. The Balaban J connectivity index is 1.91.